The van der Waals surface area contributed by atoms with Crippen LogP contribution in [0.3, 0.4) is 0 Å². The summed E-state index contributed by atoms with van der Waals surface area (Å²) in [4.78, 5) is 23.1. The maximum absolute atomic E-state index is 12.0. The van der Waals surface area contributed by atoms with E-state index in [2.05, 4.69) is 20.8 Å². The summed E-state index contributed by atoms with van der Waals surface area (Å²) in [5.74, 6) is -0.204. The van der Waals surface area contributed by atoms with Gasteiger partial charge >= 0.3 is 0 Å². The Labute approximate surface area is 114 Å². The largest absolute Gasteiger partial charge is 0.423 e. The second-order valence-corrected chi connectivity index (χ2v) is 4.52. The standard InChI is InChI=1S/C13H12N4O3/c18-11-5-9(6-14-11)12(19)16-10-3-1-2-8(4-10)13-17-15-7-20-13/h1-4,7,9H,5-6H2,(H,14,18)(H,16,19). The van der Waals surface area contributed by atoms with Crippen molar-refractivity contribution in [2.24, 2.45) is 5.92 Å². The highest BCUT2D eigenvalue weighted by atomic mass is 16.4. The highest BCUT2D eigenvalue weighted by Gasteiger charge is 2.27. The number of rotatable bonds is 3. The normalized spacial score (nSPS) is 17.8. The van der Waals surface area contributed by atoms with Crippen molar-refractivity contribution in [2.75, 3.05) is 11.9 Å². The zero-order valence-electron chi connectivity index (χ0n) is 10.5. The fraction of sp³-hybridized carbons (Fsp3) is 0.231. The van der Waals surface area contributed by atoms with E-state index in [4.69, 9.17) is 4.42 Å². The molecule has 0 radical (unpaired) electrons. The Morgan fingerprint density at radius 3 is 3.05 bits per heavy atom. The molecule has 0 bridgehead atoms. The van der Waals surface area contributed by atoms with E-state index in [0.717, 1.165) is 5.56 Å². The zero-order valence-corrected chi connectivity index (χ0v) is 10.5. The summed E-state index contributed by atoms with van der Waals surface area (Å²) in [6.07, 6.45) is 1.48. The molecule has 1 aromatic heterocycles. The van der Waals surface area contributed by atoms with Gasteiger partial charge in [-0.1, -0.05) is 6.07 Å². The highest BCUT2D eigenvalue weighted by molar-refractivity contribution is 5.97. The van der Waals surface area contributed by atoms with Crippen molar-refractivity contribution in [3.63, 3.8) is 0 Å². The first-order valence-electron chi connectivity index (χ1n) is 6.16. The van der Waals surface area contributed by atoms with Crippen LogP contribution in [0.25, 0.3) is 11.5 Å². The molecule has 20 heavy (non-hydrogen) atoms. The van der Waals surface area contributed by atoms with Crippen LogP contribution in [0.15, 0.2) is 35.1 Å². The number of carbonyl (C=O) groups is 2. The average Bonchev–Trinajstić information content (AvgIpc) is 3.10. The Morgan fingerprint density at radius 2 is 2.35 bits per heavy atom. The molecule has 0 aliphatic carbocycles. The number of anilines is 1. The second-order valence-electron chi connectivity index (χ2n) is 4.52. The molecule has 1 saturated heterocycles. The third-order valence-corrected chi connectivity index (χ3v) is 3.09. The smallest absolute Gasteiger partial charge is 0.247 e. The van der Waals surface area contributed by atoms with Crippen LogP contribution in [0.4, 0.5) is 5.69 Å². The van der Waals surface area contributed by atoms with Gasteiger partial charge in [-0.15, -0.1) is 10.2 Å². The third kappa shape index (κ3) is 2.51. The first-order chi connectivity index (χ1) is 9.72. The van der Waals surface area contributed by atoms with Gasteiger partial charge in [0, 0.05) is 24.2 Å². The molecule has 1 atom stereocenters. The van der Waals surface area contributed by atoms with E-state index >= 15 is 0 Å². The van der Waals surface area contributed by atoms with Gasteiger partial charge in [0.2, 0.25) is 24.1 Å². The van der Waals surface area contributed by atoms with Crippen LogP contribution in [0.2, 0.25) is 0 Å². The van der Waals surface area contributed by atoms with Crippen molar-refractivity contribution in [3.8, 4) is 11.5 Å². The molecule has 1 aliphatic rings. The zero-order chi connectivity index (χ0) is 13.9. The number of aromatic nitrogens is 2. The maximum atomic E-state index is 12.0. The van der Waals surface area contributed by atoms with Crippen LogP contribution in [-0.2, 0) is 9.59 Å². The number of benzene rings is 1. The SMILES string of the molecule is O=C1CC(C(=O)Nc2cccc(-c3nnco3)c2)CN1. The van der Waals surface area contributed by atoms with Crippen molar-refractivity contribution >= 4 is 17.5 Å². The summed E-state index contributed by atoms with van der Waals surface area (Å²) in [7, 11) is 0. The number of nitrogens with one attached hydrogen (secondary N) is 2. The minimum absolute atomic E-state index is 0.0928. The summed E-state index contributed by atoms with van der Waals surface area (Å²) >= 11 is 0. The topological polar surface area (TPSA) is 97.1 Å². The number of amides is 2. The van der Waals surface area contributed by atoms with Gasteiger partial charge in [0.05, 0.1) is 5.92 Å². The van der Waals surface area contributed by atoms with Crippen LogP contribution in [0, 0.1) is 5.92 Å². The lowest BCUT2D eigenvalue weighted by Gasteiger charge is -2.09. The monoisotopic (exact) mass is 272 g/mol. The Morgan fingerprint density at radius 1 is 1.45 bits per heavy atom. The molecule has 2 heterocycles. The molecule has 102 valence electrons. The highest BCUT2D eigenvalue weighted by Crippen LogP contribution is 2.21. The lowest BCUT2D eigenvalue weighted by molar-refractivity contribution is -0.123. The molecule has 7 nitrogen and oxygen atoms in total. The van der Waals surface area contributed by atoms with E-state index < -0.39 is 0 Å². The van der Waals surface area contributed by atoms with Crippen molar-refractivity contribution in [2.45, 2.75) is 6.42 Å². The van der Waals surface area contributed by atoms with Gasteiger partial charge in [-0.3, -0.25) is 9.59 Å². The van der Waals surface area contributed by atoms with Crippen LogP contribution in [-0.4, -0.2) is 28.6 Å². The van der Waals surface area contributed by atoms with E-state index in [1.54, 1.807) is 18.2 Å². The van der Waals surface area contributed by atoms with Crippen molar-refractivity contribution in [3.05, 3.63) is 30.7 Å². The van der Waals surface area contributed by atoms with E-state index in [0.29, 0.717) is 18.1 Å². The van der Waals surface area contributed by atoms with Crippen molar-refractivity contribution in [1.82, 2.24) is 15.5 Å². The molecule has 1 unspecified atom stereocenters. The number of hydrogen-bond donors (Lipinski definition) is 2. The average molecular weight is 272 g/mol. The summed E-state index contributed by atoms with van der Waals surface area (Å²) in [5, 5.41) is 12.8. The van der Waals surface area contributed by atoms with Crippen LogP contribution < -0.4 is 10.6 Å². The minimum Gasteiger partial charge on any atom is -0.423 e. The molecule has 0 spiro atoms. The predicted molar refractivity (Wildman–Crippen MR) is 69.5 cm³/mol. The molecule has 1 aliphatic heterocycles. The van der Waals surface area contributed by atoms with Crippen LogP contribution >= 0.6 is 0 Å². The molecule has 2 aromatic rings. The van der Waals surface area contributed by atoms with Crippen LogP contribution in [0.5, 0.6) is 0 Å². The van der Waals surface area contributed by atoms with Gasteiger partial charge in [-0.2, -0.15) is 0 Å². The van der Waals surface area contributed by atoms with Gasteiger partial charge < -0.3 is 15.1 Å². The van der Waals surface area contributed by atoms with E-state index in [1.807, 2.05) is 6.07 Å². The van der Waals surface area contributed by atoms with Crippen LogP contribution in [0.1, 0.15) is 6.42 Å². The fourth-order valence-electron chi connectivity index (χ4n) is 2.06. The van der Waals surface area contributed by atoms with Gasteiger partial charge in [-0.25, -0.2) is 0 Å². The van der Waals surface area contributed by atoms with Gasteiger partial charge in [0.25, 0.3) is 0 Å². The first-order valence-corrected chi connectivity index (χ1v) is 6.16. The first kappa shape index (κ1) is 12.3. The number of nitrogens with zero attached hydrogens (tertiary/aromatic N) is 2. The van der Waals surface area contributed by atoms with Crippen molar-refractivity contribution in [1.29, 1.82) is 0 Å². The third-order valence-electron chi connectivity index (χ3n) is 3.09. The summed E-state index contributed by atoms with van der Waals surface area (Å²) < 4.78 is 5.10. The minimum atomic E-state index is -0.324. The van der Waals surface area contributed by atoms with Gasteiger partial charge in [0.1, 0.15) is 0 Å². The molecule has 1 aromatic carbocycles. The summed E-state index contributed by atoms with van der Waals surface area (Å²) in [5.41, 5.74) is 1.35. The summed E-state index contributed by atoms with van der Waals surface area (Å²) in [6.45, 7) is 0.383. The molecular formula is C13H12N4O3. The van der Waals surface area contributed by atoms with Crippen molar-refractivity contribution < 1.29 is 14.0 Å². The van der Waals surface area contributed by atoms with E-state index in [9.17, 15) is 9.59 Å². The molecular weight excluding hydrogens is 260 g/mol. The van der Waals surface area contributed by atoms with Gasteiger partial charge in [-0.05, 0) is 18.2 Å². The Balaban J connectivity index is 1.73. The number of hydrogen-bond acceptors (Lipinski definition) is 5. The lowest BCUT2D eigenvalue weighted by Crippen LogP contribution is -2.24. The second kappa shape index (κ2) is 5.12. The lowest BCUT2D eigenvalue weighted by atomic mass is 10.1. The summed E-state index contributed by atoms with van der Waals surface area (Å²) in [6, 6.07) is 7.11. The molecule has 7 heteroatoms. The maximum Gasteiger partial charge on any atom is 0.247 e. The number of carbonyl (C=O) groups excluding carboxylic acids is 2. The molecule has 2 amide bonds. The Kier molecular flexibility index (Phi) is 3.16. The van der Waals surface area contributed by atoms with Gasteiger partial charge in [0.15, 0.2) is 0 Å². The fourth-order valence-corrected chi connectivity index (χ4v) is 2.06. The quantitative estimate of drug-likeness (QED) is 0.861. The predicted octanol–water partition coefficient (Wildman–Crippen LogP) is 0.811. The Bertz CT molecular complexity index is 639. The van der Waals surface area contributed by atoms with E-state index in [1.165, 1.54) is 6.39 Å². The molecule has 3 rings (SSSR count). The Hall–Kier alpha value is -2.70. The molecule has 1 fully saturated rings. The molecule has 2 N–H and O–H groups in total. The molecule has 0 saturated carbocycles. The van der Waals surface area contributed by atoms with E-state index in [-0.39, 0.29) is 24.2 Å².